The van der Waals surface area contributed by atoms with E-state index in [0.29, 0.717) is 5.52 Å². The number of fused-ring (bicyclic) bond motifs is 1. The van der Waals surface area contributed by atoms with E-state index in [2.05, 4.69) is 10.2 Å². The summed E-state index contributed by atoms with van der Waals surface area (Å²) in [5, 5.41) is 15.6. The van der Waals surface area contributed by atoms with Crippen molar-refractivity contribution in [1.82, 2.24) is 10.2 Å². The summed E-state index contributed by atoms with van der Waals surface area (Å²) in [4.78, 5) is 21.0. The van der Waals surface area contributed by atoms with Gasteiger partial charge in [-0.1, -0.05) is 11.6 Å². The van der Waals surface area contributed by atoms with Crippen molar-refractivity contribution in [2.45, 2.75) is 0 Å². The van der Waals surface area contributed by atoms with Gasteiger partial charge >= 0.3 is 0 Å². The smallest absolute Gasteiger partial charge is 0.288 e. The number of aromatic nitrogens is 2. The highest BCUT2D eigenvalue weighted by Crippen LogP contribution is 2.27. The van der Waals surface area contributed by atoms with Crippen molar-refractivity contribution in [3.8, 4) is 0 Å². The van der Waals surface area contributed by atoms with Crippen molar-refractivity contribution in [1.29, 1.82) is 0 Å². The molecule has 0 unspecified atom stereocenters. The van der Waals surface area contributed by atoms with Gasteiger partial charge in [-0.25, -0.2) is 0 Å². The molecule has 1 aromatic carbocycles. The number of H-pyrrole nitrogens is 2. The Kier molecular flexibility index (Phi) is 1.78. The summed E-state index contributed by atoms with van der Waals surface area (Å²) in [6.45, 7) is 0. The molecule has 0 aliphatic carbocycles. The average Bonchev–Trinajstić information content (AvgIpc) is 2.46. The summed E-state index contributed by atoms with van der Waals surface area (Å²) in [5.74, 6) is 0. The zero-order valence-corrected chi connectivity index (χ0v) is 7.46. The Morgan fingerprint density at radius 2 is 2.07 bits per heavy atom. The first-order valence-electron chi connectivity index (χ1n) is 3.64. The molecule has 2 aromatic rings. The minimum absolute atomic E-state index is 0.00208. The highest BCUT2D eigenvalue weighted by molar-refractivity contribution is 6.33. The third kappa shape index (κ3) is 1.16. The molecule has 7 heteroatoms. The highest BCUT2D eigenvalue weighted by atomic mass is 35.5. The third-order valence-corrected chi connectivity index (χ3v) is 2.14. The fourth-order valence-corrected chi connectivity index (χ4v) is 1.42. The lowest BCUT2D eigenvalue weighted by Crippen LogP contribution is -1.98. The zero-order valence-electron chi connectivity index (χ0n) is 6.70. The van der Waals surface area contributed by atoms with Crippen molar-refractivity contribution in [2.24, 2.45) is 0 Å². The lowest BCUT2D eigenvalue weighted by Gasteiger charge is -1.93. The second-order valence-corrected chi connectivity index (χ2v) is 3.09. The third-order valence-electron chi connectivity index (χ3n) is 1.84. The van der Waals surface area contributed by atoms with Crippen LogP contribution in [0.1, 0.15) is 0 Å². The molecule has 14 heavy (non-hydrogen) atoms. The SMILES string of the molecule is O=c1[nH][nH]c2cc(Cl)c([N+](=O)[O-])cc12. The maximum atomic E-state index is 11.1. The van der Waals surface area contributed by atoms with Crippen LogP contribution in [0, 0.1) is 10.1 Å². The number of rotatable bonds is 1. The Hall–Kier alpha value is -1.82. The molecule has 0 radical (unpaired) electrons. The van der Waals surface area contributed by atoms with Crippen molar-refractivity contribution < 1.29 is 4.92 Å². The summed E-state index contributed by atoms with van der Waals surface area (Å²) in [5.41, 5.74) is -0.227. The van der Waals surface area contributed by atoms with Crippen LogP contribution in [-0.4, -0.2) is 15.1 Å². The fraction of sp³-hybridized carbons (Fsp3) is 0. The summed E-state index contributed by atoms with van der Waals surface area (Å²) >= 11 is 5.63. The Labute approximate surface area is 81.6 Å². The van der Waals surface area contributed by atoms with Crippen LogP contribution in [-0.2, 0) is 0 Å². The van der Waals surface area contributed by atoms with Crippen molar-refractivity contribution in [3.63, 3.8) is 0 Å². The molecule has 6 nitrogen and oxygen atoms in total. The van der Waals surface area contributed by atoms with Gasteiger partial charge in [0.2, 0.25) is 0 Å². The van der Waals surface area contributed by atoms with E-state index in [9.17, 15) is 14.9 Å². The zero-order chi connectivity index (χ0) is 10.3. The maximum absolute atomic E-state index is 11.1. The van der Waals surface area contributed by atoms with Gasteiger partial charge in [-0.15, -0.1) is 0 Å². The topological polar surface area (TPSA) is 91.8 Å². The van der Waals surface area contributed by atoms with Crippen LogP contribution >= 0.6 is 11.6 Å². The van der Waals surface area contributed by atoms with Gasteiger partial charge in [0, 0.05) is 6.07 Å². The molecule has 0 atom stereocenters. The van der Waals surface area contributed by atoms with Gasteiger partial charge in [-0.05, 0) is 6.07 Å². The summed E-state index contributed by atoms with van der Waals surface area (Å²) in [6, 6.07) is 2.49. The highest BCUT2D eigenvalue weighted by Gasteiger charge is 2.15. The van der Waals surface area contributed by atoms with Crippen molar-refractivity contribution in [3.05, 3.63) is 37.6 Å². The number of nitrogens with zero attached hydrogens (tertiary/aromatic N) is 1. The maximum Gasteiger partial charge on any atom is 0.288 e. The molecule has 1 aromatic heterocycles. The predicted octanol–water partition coefficient (Wildman–Crippen LogP) is 1.42. The number of nitro benzene ring substituents is 1. The molecule has 2 rings (SSSR count). The Bertz CT molecular complexity index is 571. The second-order valence-electron chi connectivity index (χ2n) is 2.69. The van der Waals surface area contributed by atoms with Crippen LogP contribution in [0.5, 0.6) is 0 Å². The number of hydrogen-bond donors (Lipinski definition) is 2. The molecule has 0 aliphatic heterocycles. The second kappa shape index (κ2) is 2.85. The normalized spacial score (nSPS) is 10.6. The van der Waals surface area contributed by atoms with Crippen LogP contribution in [0.4, 0.5) is 5.69 Å². The van der Waals surface area contributed by atoms with Gasteiger partial charge in [-0.2, -0.15) is 0 Å². The monoisotopic (exact) mass is 213 g/mol. The summed E-state index contributed by atoms with van der Waals surface area (Å²) in [7, 11) is 0. The first-order valence-corrected chi connectivity index (χ1v) is 4.01. The van der Waals surface area contributed by atoms with E-state index < -0.39 is 10.5 Å². The van der Waals surface area contributed by atoms with E-state index in [0.717, 1.165) is 6.07 Å². The minimum atomic E-state index is -0.631. The van der Waals surface area contributed by atoms with Crippen LogP contribution in [0.2, 0.25) is 5.02 Å². The number of nitro groups is 1. The number of nitrogens with one attached hydrogen (secondary N) is 2. The Balaban J connectivity index is 2.87. The first-order chi connectivity index (χ1) is 6.59. The lowest BCUT2D eigenvalue weighted by molar-refractivity contribution is -0.384. The molecule has 0 fully saturated rings. The number of benzene rings is 1. The van der Waals surface area contributed by atoms with Crippen LogP contribution in [0.3, 0.4) is 0 Å². The van der Waals surface area contributed by atoms with E-state index >= 15 is 0 Å². The van der Waals surface area contributed by atoms with Crippen LogP contribution in [0.25, 0.3) is 10.9 Å². The van der Waals surface area contributed by atoms with Gasteiger partial charge < -0.3 is 0 Å². The van der Waals surface area contributed by atoms with Crippen molar-refractivity contribution in [2.75, 3.05) is 0 Å². The Morgan fingerprint density at radius 1 is 1.36 bits per heavy atom. The molecular weight excluding hydrogens is 210 g/mol. The van der Waals surface area contributed by atoms with E-state index in [1.165, 1.54) is 6.07 Å². The van der Waals surface area contributed by atoms with Gasteiger partial charge in [-0.3, -0.25) is 25.1 Å². The van der Waals surface area contributed by atoms with E-state index in [4.69, 9.17) is 11.6 Å². The van der Waals surface area contributed by atoms with Gasteiger partial charge in [0.25, 0.3) is 11.2 Å². The lowest BCUT2D eigenvalue weighted by atomic mass is 10.2. The molecule has 0 saturated carbocycles. The van der Waals surface area contributed by atoms with Crippen LogP contribution < -0.4 is 5.56 Å². The molecular formula is C7H4ClN3O3. The first kappa shape index (κ1) is 8.76. The number of halogens is 1. The van der Waals surface area contributed by atoms with Crippen molar-refractivity contribution >= 4 is 28.2 Å². The molecule has 0 bridgehead atoms. The van der Waals surface area contributed by atoms with Gasteiger partial charge in [0.05, 0.1) is 15.8 Å². The molecule has 72 valence electrons. The minimum Gasteiger partial charge on any atom is -0.297 e. The quantitative estimate of drug-likeness (QED) is 0.554. The number of aromatic amines is 2. The summed E-state index contributed by atoms with van der Waals surface area (Å²) in [6.07, 6.45) is 0. The molecule has 1 heterocycles. The number of hydrogen-bond acceptors (Lipinski definition) is 3. The van der Waals surface area contributed by atoms with E-state index in [1.54, 1.807) is 0 Å². The Morgan fingerprint density at radius 3 is 2.71 bits per heavy atom. The average molecular weight is 214 g/mol. The van der Waals surface area contributed by atoms with Gasteiger partial charge in [0.1, 0.15) is 5.02 Å². The largest absolute Gasteiger partial charge is 0.297 e. The fourth-order valence-electron chi connectivity index (χ4n) is 1.18. The van der Waals surface area contributed by atoms with Crippen LogP contribution in [0.15, 0.2) is 16.9 Å². The molecule has 0 saturated heterocycles. The van der Waals surface area contributed by atoms with Gasteiger partial charge in [0.15, 0.2) is 0 Å². The molecule has 0 spiro atoms. The molecule has 2 N–H and O–H groups in total. The predicted molar refractivity (Wildman–Crippen MR) is 50.6 cm³/mol. The standard InChI is InChI=1S/C7H4ClN3O3/c8-4-2-5-3(7(12)10-9-5)1-6(4)11(13)14/h1-2H,(H2,9,10,12). The van der Waals surface area contributed by atoms with E-state index in [-0.39, 0.29) is 16.1 Å². The molecule has 0 aliphatic rings. The van der Waals surface area contributed by atoms with E-state index in [1.807, 2.05) is 0 Å². The molecule has 0 amide bonds. The summed E-state index contributed by atoms with van der Waals surface area (Å²) < 4.78 is 0.